The summed E-state index contributed by atoms with van der Waals surface area (Å²) in [4.78, 5) is 35.8. The summed E-state index contributed by atoms with van der Waals surface area (Å²) in [5.41, 5.74) is 2.59. The number of hydrogen-bond donors (Lipinski definition) is 2. The van der Waals surface area contributed by atoms with Gasteiger partial charge in [0.05, 0.1) is 5.02 Å². The molecule has 6 nitrogen and oxygen atoms in total. The lowest BCUT2D eigenvalue weighted by molar-refractivity contribution is -0.142. The van der Waals surface area contributed by atoms with Crippen molar-refractivity contribution in [1.82, 2.24) is 5.32 Å². The van der Waals surface area contributed by atoms with Crippen LogP contribution < -0.4 is 10.1 Å². The standard InChI is InChI=1S/C24H29Cl2NO5/c1-4-6-24-7-5-15(28)10-16(24)20-14(11-24)9-18(21(25)22(20)26)32-12-19(29)27-17(23(30)31)8-13(2)3/h9-10,13,17H,4-8,11-12H2,1-3H3,(H,27,29)(H,30,31)/t17-,24+/m0/s1. The molecule has 0 aromatic heterocycles. The monoisotopic (exact) mass is 481 g/mol. The maximum absolute atomic E-state index is 12.3. The fourth-order valence-corrected chi connectivity index (χ4v) is 5.38. The van der Waals surface area contributed by atoms with E-state index in [4.69, 9.17) is 27.9 Å². The molecule has 0 spiro atoms. The predicted octanol–water partition coefficient (Wildman–Crippen LogP) is 5.08. The number of ketones is 1. The van der Waals surface area contributed by atoms with Crippen LogP contribution in [0.1, 0.15) is 64.0 Å². The lowest BCUT2D eigenvalue weighted by atomic mass is 9.70. The molecule has 0 fully saturated rings. The van der Waals surface area contributed by atoms with E-state index in [9.17, 15) is 19.5 Å². The minimum atomic E-state index is -1.09. The molecule has 2 atom stereocenters. The third kappa shape index (κ3) is 4.96. The number of fused-ring (bicyclic) bond motifs is 3. The highest BCUT2D eigenvalue weighted by atomic mass is 35.5. The number of amides is 1. The van der Waals surface area contributed by atoms with E-state index < -0.39 is 17.9 Å². The van der Waals surface area contributed by atoms with E-state index in [-0.39, 0.29) is 34.5 Å². The molecule has 1 aromatic rings. The summed E-state index contributed by atoms with van der Waals surface area (Å²) in [6.45, 7) is 5.52. The second kappa shape index (κ2) is 9.84. The van der Waals surface area contributed by atoms with Gasteiger partial charge in [0.2, 0.25) is 0 Å². The molecule has 0 saturated heterocycles. The molecular formula is C24H29Cl2NO5. The van der Waals surface area contributed by atoms with Gasteiger partial charge in [0.25, 0.3) is 5.91 Å². The fourth-order valence-electron chi connectivity index (χ4n) is 4.86. The lowest BCUT2D eigenvalue weighted by Crippen LogP contribution is -2.43. The van der Waals surface area contributed by atoms with E-state index in [0.29, 0.717) is 17.9 Å². The largest absolute Gasteiger partial charge is 0.482 e. The molecule has 1 aromatic carbocycles. The van der Waals surface area contributed by atoms with Gasteiger partial charge in [-0.1, -0.05) is 50.4 Å². The molecular weight excluding hydrogens is 453 g/mol. The third-order valence-corrected chi connectivity index (χ3v) is 7.06. The molecule has 1 amide bonds. The van der Waals surface area contributed by atoms with Gasteiger partial charge in [-0.3, -0.25) is 9.59 Å². The number of nitrogens with one attached hydrogen (secondary N) is 1. The topological polar surface area (TPSA) is 92.7 Å². The molecule has 0 saturated carbocycles. The number of carbonyl (C=O) groups excluding carboxylic acids is 2. The van der Waals surface area contributed by atoms with Crippen molar-refractivity contribution in [3.8, 4) is 5.75 Å². The Morgan fingerprint density at radius 2 is 2.00 bits per heavy atom. The number of hydrogen-bond acceptors (Lipinski definition) is 4. The molecule has 2 aliphatic carbocycles. The minimum Gasteiger partial charge on any atom is -0.482 e. The van der Waals surface area contributed by atoms with Gasteiger partial charge in [-0.15, -0.1) is 0 Å². The Morgan fingerprint density at radius 3 is 2.62 bits per heavy atom. The van der Waals surface area contributed by atoms with Gasteiger partial charge < -0.3 is 15.2 Å². The first kappa shape index (κ1) is 24.6. The molecule has 174 valence electrons. The van der Waals surface area contributed by atoms with Gasteiger partial charge in [0.1, 0.15) is 16.8 Å². The van der Waals surface area contributed by atoms with Crippen LogP contribution in [0.5, 0.6) is 5.75 Å². The van der Waals surface area contributed by atoms with E-state index in [1.54, 1.807) is 12.1 Å². The van der Waals surface area contributed by atoms with Crippen LogP contribution in [-0.2, 0) is 20.8 Å². The third-order valence-electron chi connectivity index (χ3n) is 6.21. The van der Waals surface area contributed by atoms with E-state index >= 15 is 0 Å². The molecule has 0 radical (unpaired) electrons. The maximum atomic E-state index is 12.3. The molecule has 2 N–H and O–H groups in total. The molecule has 3 rings (SSSR count). The molecule has 0 aliphatic heterocycles. The van der Waals surface area contributed by atoms with E-state index in [1.165, 1.54) is 0 Å². The Morgan fingerprint density at radius 1 is 1.28 bits per heavy atom. The summed E-state index contributed by atoms with van der Waals surface area (Å²) in [6, 6.07) is 0.812. The van der Waals surface area contributed by atoms with Gasteiger partial charge in [-0.25, -0.2) is 4.79 Å². The van der Waals surface area contributed by atoms with Gasteiger partial charge >= 0.3 is 5.97 Å². The Labute approximate surface area is 198 Å². The second-order valence-corrected chi connectivity index (χ2v) is 9.90. The molecule has 2 aliphatic rings. The number of carboxylic acids is 1. The number of benzene rings is 1. The van der Waals surface area contributed by atoms with Gasteiger partial charge in [0.15, 0.2) is 12.4 Å². The Balaban J connectivity index is 1.81. The summed E-state index contributed by atoms with van der Waals surface area (Å²) in [5.74, 6) is -1.15. The Hall–Kier alpha value is -2.05. The lowest BCUT2D eigenvalue weighted by Gasteiger charge is -2.33. The van der Waals surface area contributed by atoms with Gasteiger partial charge in [-0.2, -0.15) is 0 Å². The van der Waals surface area contributed by atoms with E-state index in [2.05, 4.69) is 12.2 Å². The summed E-state index contributed by atoms with van der Waals surface area (Å²) in [7, 11) is 0. The normalized spacial score (nSPS) is 20.4. The smallest absolute Gasteiger partial charge is 0.326 e. The van der Waals surface area contributed by atoms with Crippen molar-refractivity contribution in [2.75, 3.05) is 6.61 Å². The van der Waals surface area contributed by atoms with Crippen LogP contribution in [0.4, 0.5) is 0 Å². The van der Waals surface area contributed by atoms with Crippen LogP contribution in [-0.4, -0.2) is 35.4 Å². The highest BCUT2D eigenvalue weighted by molar-refractivity contribution is 6.44. The van der Waals surface area contributed by atoms with Crippen molar-refractivity contribution in [3.63, 3.8) is 0 Å². The van der Waals surface area contributed by atoms with Crippen molar-refractivity contribution in [2.45, 2.75) is 65.3 Å². The fraction of sp³-hybridized carbons (Fsp3) is 0.542. The van der Waals surface area contributed by atoms with Crippen molar-refractivity contribution in [3.05, 3.63) is 33.3 Å². The average Bonchev–Trinajstić information content (AvgIpc) is 3.02. The highest BCUT2D eigenvalue weighted by Crippen LogP contribution is 2.58. The highest BCUT2D eigenvalue weighted by Gasteiger charge is 2.45. The first-order valence-electron chi connectivity index (χ1n) is 11.0. The number of halogens is 2. The van der Waals surface area contributed by atoms with Crippen molar-refractivity contribution >= 4 is 46.4 Å². The predicted molar refractivity (Wildman–Crippen MR) is 124 cm³/mol. The SMILES string of the molecule is CCC[C@]12CCC(=O)C=C1c1c(cc(OCC(=O)N[C@@H](CC(C)C)C(=O)O)c(Cl)c1Cl)C2. The average molecular weight is 482 g/mol. The summed E-state index contributed by atoms with van der Waals surface area (Å²) in [5, 5.41) is 12.3. The Kier molecular flexibility index (Phi) is 7.56. The zero-order valence-electron chi connectivity index (χ0n) is 18.6. The molecule has 8 heteroatoms. The molecule has 32 heavy (non-hydrogen) atoms. The number of carbonyl (C=O) groups is 3. The number of carboxylic acid groups (broad SMARTS) is 1. The zero-order chi connectivity index (χ0) is 23.6. The quantitative estimate of drug-likeness (QED) is 0.512. The number of allylic oxidation sites excluding steroid dienone is 2. The van der Waals surface area contributed by atoms with Crippen LogP contribution in [0.2, 0.25) is 10.0 Å². The first-order valence-corrected chi connectivity index (χ1v) is 11.7. The first-order chi connectivity index (χ1) is 15.1. The van der Waals surface area contributed by atoms with Crippen molar-refractivity contribution in [2.24, 2.45) is 11.3 Å². The van der Waals surface area contributed by atoms with Crippen LogP contribution in [0.3, 0.4) is 0 Å². The van der Waals surface area contributed by atoms with E-state index in [1.807, 2.05) is 13.8 Å². The van der Waals surface area contributed by atoms with Gasteiger partial charge in [0, 0.05) is 17.4 Å². The van der Waals surface area contributed by atoms with E-state index in [0.717, 1.165) is 42.4 Å². The molecule has 0 heterocycles. The summed E-state index contributed by atoms with van der Waals surface area (Å²) in [6.07, 6.45) is 5.99. The number of ether oxygens (including phenoxy) is 1. The van der Waals surface area contributed by atoms with Crippen LogP contribution >= 0.6 is 23.2 Å². The van der Waals surface area contributed by atoms with Crippen molar-refractivity contribution < 1.29 is 24.2 Å². The summed E-state index contributed by atoms with van der Waals surface area (Å²) >= 11 is 13.1. The van der Waals surface area contributed by atoms with Crippen molar-refractivity contribution in [1.29, 1.82) is 0 Å². The second-order valence-electron chi connectivity index (χ2n) is 9.14. The minimum absolute atomic E-state index is 0.0955. The number of rotatable bonds is 9. The van der Waals surface area contributed by atoms with Gasteiger partial charge in [-0.05, 0) is 54.9 Å². The maximum Gasteiger partial charge on any atom is 0.326 e. The molecule has 0 unspecified atom stereocenters. The van der Waals surface area contributed by atoms with Crippen LogP contribution in [0.25, 0.3) is 5.57 Å². The van der Waals surface area contributed by atoms with Crippen LogP contribution in [0, 0.1) is 11.3 Å². The van der Waals surface area contributed by atoms with Crippen LogP contribution in [0.15, 0.2) is 12.1 Å². The molecule has 0 bridgehead atoms. The Bertz CT molecular complexity index is 972. The summed E-state index contributed by atoms with van der Waals surface area (Å²) < 4.78 is 5.65. The zero-order valence-corrected chi connectivity index (χ0v) is 20.1. The number of aliphatic carboxylic acids is 1.